The molecule has 8 heteroatoms. The lowest BCUT2D eigenvalue weighted by Crippen LogP contribution is -2.20. The van der Waals surface area contributed by atoms with Crippen LogP contribution in [0.4, 0.5) is 5.69 Å². The van der Waals surface area contributed by atoms with Gasteiger partial charge in [-0.3, -0.25) is 4.79 Å². The Kier molecular flexibility index (Phi) is 6.62. The van der Waals surface area contributed by atoms with Gasteiger partial charge in [0.2, 0.25) is 0 Å². The Hall–Kier alpha value is -2.90. The molecule has 28 heavy (non-hydrogen) atoms. The zero-order valence-electron chi connectivity index (χ0n) is 15.0. The number of aryl methyl sites for hydroxylation is 1. The summed E-state index contributed by atoms with van der Waals surface area (Å²) in [6, 6.07) is 13.3. The Labute approximate surface area is 171 Å². The number of esters is 1. The summed E-state index contributed by atoms with van der Waals surface area (Å²) < 4.78 is 10.7. The van der Waals surface area contributed by atoms with E-state index in [0.717, 1.165) is 10.7 Å². The summed E-state index contributed by atoms with van der Waals surface area (Å²) in [5, 5.41) is 6.00. The van der Waals surface area contributed by atoms with Gasteiger partial charge in [0.05, 0.1) is 16.3 Å². The van der Waals surface area contributed by atoms with Crippen LogP contribution in [0.5, 0.6) is 5.75 Å². The summed E-state index contributed by atoms with van der Waals surface area (Å²) in [5.74, 6) is -0.554. The molecule has 0 saturated heterocycles. The number of thiazole rings is 1. The van der Waals surface area contributed by atoms with E-state index in [2.05, 4.69) is 10.3 Å². The Morgan fingerprint density at radius 3 is 2.75 bits per heavy atom. The Balaban J connectivity index is 1.51. The summed E-state index contributed by atoms with van der Waals surface area (Å²) in [5.41, 5.74) is 1.65. The van der Waals surface area contributed by atoms with E-state index in [4.69, 9.17) is 21.1 Å². The molecule has 0 aliphatic heterocycles. The summed E-state index contributed by atoms with van der Waals surface area (Å²) in [7, 11) is 0. The molecule has 0 aliphatic rings. The predicted octanol–water partition coefficient (Wildman–Crippen LogP) is 4.48. The van der Waals surface area contributed by atoms with Crippen LogP contribution in [-0.4, -0.2) is 23.5 Å². The first-order valence-electron chi connectivity index (χ1n) is 8.36. The van der Waals surface area contributed by atoms with Crippen molar-refractivity contribution in [1.82, 2.24) is 4.98 Å². The summed E-state index contributed by atoms with van der Waals surface area (Å²) in [6.45, 7) is 1.83. The van der Waals surface area contributed by atoms with E-state index in [-0.39, 0.29) is 0 Å². The molecule has 1 N–H and O–H groups in total. The summed E-state index contributed by atoms with van der Waals surface area (Å²) in [6.07, 6.45) is 0. The maximum absolute atomic E-state index is 12.2. The van der Waals surface area contributed by atoms with Crippen LogP contribution in [0.25, 0.3) is 0 Å². The molecule has 0 spiro atoms. The third kappa shape index (κ3) is 5.80. The fourth-order valence-electron chi connectivity index (χ4n) is 2.32. The smallest absolute Gasteiger partial charge is 0.338 e. The molecule has 3 rings (SSSR count). The van der Waals surface area contributed by atoms with Gasteiger partial charge in [0.1, 0.15) is 12.4 Å². The molecule has 144 valence electrons. The van der Waals surface area contributed by atoms with Crippen molar-refractivity contribution in [1.29, 1.82) is 0 Å². The van der Waals surface area contributed by atoms with Crippen LogP contribution in [0, 0.1) is 6.92 Å². The van der Waals surface area contributed by atoms with Crippen LogP contribution in [0.3, 0.4) is 0 Å². The minimum Gasteiger partial charge on any atom is -0.487 e. The molecule has 0 unspecified atom stereocenters. The van der Waals surface area contributed by atoms with Crippen molar-refractivity contribution >= 4 is 40.5 Å². The largest absolute Gasteiger partial charge is 0.487 e. The van der Waals surface area contributed by atoms with Gasteiger partial charge < -0.3 is 14.8 Å². The standard InChI is InChI=1S/C20H17ClN2O4S/c1-13-22-17(12-28-13)10-26-18-7-2-4-14(8-18)20(25)27-11-19(24)23-16-6-3-5-15(21)9-16/h2-9,12H,10-11H2,1H3,(H,23,24). The Morgan fingerprint density at radius 2 is 2.00 bits per heavy atom. The SMILES string of the molecule is Cc1nc(COc2cccc(C(=O)OCC(=O)Nc3cccc(Cl)c3)c2)cs1. The average Bonchev–Trinajstić information content (AvgIpc) is 3.10. The molecule has 1 heterocycles. The highest BCUT2D eigenvalue weighted by atomic mass is 35.5. The third-order valence-electron chi connectivity index (χ3n) is 3.57. The number of anilines is 1. The van der Waals surface area contributed by atoms with Gasteiger partial charge in [-0.1, -0.05) is 23.7 Å². The van der Waals surface area contributed by atoms with Gasteiger partial charge in [-0.2, -0.15) is 0 Å². The number of carbonyl (C=O) groups excluding carboxylic acids is 2. The molecule has 1 aromatic heterocycles. The fourth-order valence-corrected chi connectivity index (χ4v) is 3.11. The number of hydrogen-bond acceptors (Lipinski definition) is 6. The first-order chi connectivity index (χ1) is 13.5. The molecule has 3 aromatic rings. The van der Waals surface area contributed by atoms with Gasteiger partial charge in [-0.05, 0) is 43.3 Å². The maximum Gasteiger partial charge on any atom is 0.338 e. The highest BCUT2D eigenvalue weighted by Gasteiger charge is 2.12. The van der Waals surface area contributed by atoms with Crippen molar-refractivity contribution in [2.45, 2.75) is 13.5 Å². The molecule has 0 saturated carbocycles. The molecule has 1 amide bonds. The van der Waals surface area contributed by atoms with Crippen LogP contribution in [0.2, 0.25) is 5.02 Å². The van der Waals surface area contributed by atoms with Gasteiger partial charge in [0, 0.05) is 16.1 Å². The monoisotopic (exact) mass is 416 g/mol. The zero-order chi connectivity index (χ0) is 19.9. The van der Waals surface area contributed by atoms with E-state index in [9.17, 15) is 9.59 Å². The molecule has 0 fully saturated rings. The van der Waals surface area contributed by atoms with Gasteiger partial charge in [-0.15, -0.1) is 11.3 Å². The molecular formula is C20H17ClN2O4S. The quantitative estimate of drug-likeness (QED) is 0.574. The number of halogens is 1. The maximum atomic E-state index is 12.2. The molecule has 0 bridgehead atoms. The second-order valence-electron chi connectivity index (χ2n) is 5.81. The topological polar surface area (TPSA) is 77.5 Å². The van der Waals surface area contributed by atoms with E-state index in [1.807, 2.05) is 12.3 Å². The van der Waals surface area contributed by atoms with E-state index in [1.54, 1.807) is 59.9 Å². The van der Waals surface area contributed by atoms with Crippen molar-refractivity contribution in [3.8, 4) is 5.75 Å². The van der Waals surface area contributed by atoms with Crippen LogP contribution in [0.1, 0.15) is 21.1 Å². The Morgan fingerprint density at radius 1 is 1.18 bits per heavy atom. The van der Waals surface area contributed by atoms with Gasteiger partial charge >= 0.3 is 5.97 Å². The third-order valence-corrected chi connectivity index (χ3v) is 4.62. The minimum atomic E-state index is -0.615. The number of ether oxygens (including phenoxy) is 2. The number of amides is 1. The first kappa shape index (κ1) is 19.9. The highest BCUT2D eigenvalue weighted by Crippen LogP contribution is 2.17. The van der Waals surface area contributed by atoms with Crippen molar-refractivity contribution in [2.24, 2.45) is 0 Å². The number of carbonyl (C=O) groups is 2. The molecule has 0 aliphatic carbocycles. The minimum absolute atomic E-state index is 0.294. The second-order valence-corrected chi connectivity index (χ2v) is 7.31. The molecular weight excluding hydrogens is 400 g/mol. The number of benzene rings is 2. The van der Waals surface area contributed by atoms with Crippen LogP contribution in [-0.2, 0) is 16.1 Å². The second kappa shape index (κ2) is 9.34. The van der Waals surface area contributed by atoms with Crippen molar-refractivity contribution < 1.29 is 19.1 Å². The number of rotatable bonds is 7. The lowest BCUT2D eigenvalue weighted by atomic mass is 10.2. The lowest BCUT2D eigenvalue weighted by molar-refractivity contribution is -0.119. The molecule has 0 atom stereocenters. The predicted molar refractivity (Wildman–Crippen MR) is 108 cm³/mol. The van der Waals surface area contributed by atoms with Gasteiger partial charge in [0.15, 0.2) is 6.61 Å². The van der Waals surface area contributed by atoms with Crippen molar-refractivity contribution in [3.05, 3.63) is 75.2 Å². The molecule has 6 nitrogen and oxygen atoms in total. The van der Waals surface area contributed by atoms with Gasteiger partial charge in [0.25, 0.3) is 5.91 Å². The number of nitrogens with one attached hydrogen (secondary N) is 1. The van der Waals surface area contributed by atoms with E-state index in [0.29, 0.717) is 28.6 Å². The number of aromatic nitrogens is 1. The average molecular weight is 417 g/mol. The summed E-state index contributed by atoms with van der Waals surface area (Å²) in [4.78, 5) is 28.4. The summed E-state index contributed by atoms with van der Waals surface area (Å²) >= 11 is 7.41. The zero-order valence-corrected chi connectivity index (χ0v) is 16.5. The fraction of sp³-hybridized carbons (Fsp3) is 0.150. The number of nitrogens with zero attached hydrogens (tertiary/aromatic N) is 1. The highest BCUT2D eigenvalue weighted by molar-refractivity contribution is 7.09. The van der Waals surface area contributed by atoms with Crippen molar-refractivity contribution in [2.75, 3.05) is 11.9 Å². The first-order valence-corrected chi connectivity index (χ1v) is 9.62. The number of hydrogen-bond donors (Lipinski definition) is 1. The van der Waals surface area contributed by atoms with Crippen LogP contribution < -0.4 is 10.1 Å². The van der Waals surface area contributed by atoms with E-state index >= 15 is 0 Å². The normalized spacial score (nSPS) is 10.4. The van der Waals surface area contributed by atoms with Crippen LogP contribution >= 0.6 is 22.9 Å². The Bertz CT molecular complexity index is 990. The van der Waals surface area contributed by atoms with Crippen LogP contribution in [0.15, 0.2) is 53.9 Å². The van der Waals surface area contributed by atoms with E-state index < -0.39 is 18.5 Å². The molecule has 0 radical (unpaired) electrons. The molecule has 2 aromatic carbocycles. The van der Waals surface area contributed by atoms with E-state index in [1.165, 1.54) is 0 Å². The lowest BCUT2D eigenvalue weighted by Gasteiger charge is -2.08. The van der Waals surface area contributed by atoms with Gasteiger partial charge in [-0.25, -0.2) is 9.78 Å². The van der Waals surface area contributed by atoms with Crippen molar-refractivity contribution in [3.63, 3.8) is 0 Å².